The van der Waals surface area contributed by atoms with Gasteiger partial charge in [0.05, 0.1) is 11.9 Å². The maximum Gasteiger partial charge on any atom is 0.255 e. The second-order valence-electron chi connectivity index (χ2n) is 5.71. The number of nitrogens with zero attached hydrogens (tertiary/aromatic N) is 1. The van der Waals surface area contributed by atoms with E-state index in [1.54, 1.807) is 66.9 Å². The molecule has 0 saturated heterocycles. The quantitative estimate of drug-likeness (QED) is 0.679. The number of hydrogen-bond donors (Lipinski definition) is 2. The lowest BCUT2D eigenvalue weighted by molar-refractivity contribution is 0.102. The number of rotatable bonds is 6. The van der Waals surface area contributed by atoms with Crippen LogP contribution in [0, 0.1) is 0 Å². The van der Waals surface area contributed by atoms with Crippen molar-refractivity contribution in [2.45, 2.75) is 0 Å². The Bertz CT molecular complexity index is 1050. The molecule has 0 atom stereocenters. The van der Waals surface area contributed by atoms with E-state index in [1.807, 2.05) is 0 Å². The van der Waals surface area contributed by atoms with E-state index in [9.17, 15) is 13.2 Å². The third-order valence-electron chi connectivity index (χ3n) is 3.38. The molecule has 0 bridgehead atoms. The molecule has 138 valence electrons. The van der Waals surface area contributed by atoms with Gasteiger partial charge < -0.3 is 10.1 Å². The summed E-state index contributed by atoms with van der Waals surface area (Å²) in [4.78, 5) is 16.6. The average Bonchev–Trinajstić information content (AvgIpc) is 2.62. The lowest BCUT2D eigenvalue weighted by Gasteiger charge is -2.09. The fraction of sp³-hybridized carbons (Fsp3) is 0.0526. The first kappa shape index (κ1) is 18.4. The van der Waals surface area contributed by atoms with Crippen LogP contribution in [0.3, 0.4) is 0 Å². The molecule has 2 aromatic carbocycles. The predicted octanol–water partition coefficient (Wildman–Crippen LogP) is 3.50. The normalized spacial score (nSPS) is 10.9. The fourth-order valence-corrected chi connectivity index (χ4v) is 2.86. The number of benzene rings is 2. The fourth-order valence-electron chi connectivity index (χ4n) is 2.31. The minimum absolute atomic E-state index is 0.349. The van der Waals surface area contributed by atoms with Crippen molar-refractivity contribution in [2.24, 2.45) is 0 Å². The lowest BCUT2D eigenvalue weighted by Crippen LogP contribution is -2.13. The number of sulfonamides is 1. The van der Waals surface area contributed by atoms with Gasteiger partial charge in [0, 0.05) is 23.5 Å². The third-order valence-corrected chi connectivity index (χ3v) is 3.99. The monoisotopic (exact) mass is 383 g/mol. The number of carbonyl (C=O) groups excluding carboxylic acids is 1. The van der Waals surface area contributed by atoms with Gasteiger partial charge in [0.15, 0.2) is 0 Å². The van der Waals surface area contributed by atoms with Crippen molar-refractivity contribution in [3.05, 3.63) is 78.5 Å². The molecule has 8 heteroatoms. The maximum atomic E-state index is 12.5. The first-order valence-electron chi connectivity index (χ1n) is 7.97. The van der Waals surface area contributed by atoms with E-state index in [4.69, 9.17) is 4.74 Å². The molecule has 0 saturated carbocycles. The summed E-state index contributed by atoms with van der Waals surface area (Å²) in [6.07, 6.45) is 2.68. The number of nitrogens with one attached hydrogen (secondary N) is 2. The van der Waals surface area contributed by atoms with Crippen LogP contribution >= 0.6 is 0 Å². The molecule has 1 aromatic heterocycles. The second-order valence-corrected chi connectivity index (χ2v) is 7.46. The predicted molar refractivity (Wildman–Crippen MR) is 104 cm³/mol. The molecule has 0 aliphatic carbocycles. The third kappa shape index (κ3) is 5.55. The van der Waals surface area contributed by atoms with Crippen molar-refractivity contribution in [3.63, 3.8) is 0 Å². The topological polar surface area (TPSA) is 97.4 Å². The van der Waals surface area contributed by atoms with Crippen LogP contribution in [0.25, 0.3) is 0 Å². The van der Waals surface area contributed by atoms with Gasteiger partial charge in [0.1, 0.15) is 5.75 Å². The summed E-state index contributed by atoms with van der Waals surface area (Å²) < 4.78 is 30.6. The van der Waals surface area contributed by atoms with Crippen molar-refractivity contribution in [2.75, 3.05) is 16.3 Å². The Morgan fingerprint density at radius 2 is 1.74 bits per heavy atom. The summed E-state index contributed by atoms with van der Waals surface area (Å²) >= 11 is 0. The van der Waals surface area contributed by atoms with E-state index in [0.29, 0.717) is 28.6 Å². The number of pyridine rings is 1. The lowest BCUT2D eigenvalue weighted by atomic mass is 10.2. The van der Waals surface area contributed by atoms with Crippen LogP contribution < -0.4 is 14.8 Å². The summed E-state index contributed by atoms with van der Waals surface area (Å²) in [7, 11) is -3.40. The van der Waals surface area contributed by atoms with E-state index in [1.165, 1.54) is 6.07 Å². The van der Waals surface area contributed by atoms with Crippen molar-refractivity contribution in [3.8, 4) is 11.6 Å². The van der Waals surface area contributed by atoms with E-state index >= 15 is 0 Å². The Kier molecular flexibility index (Phi) is 5.37. The SMILES string of the molecule is CS(=O)(=O)Nc1cccc(NC(=O)c2cccc(Oc3ccccn3)c2)c1. The van der Waals surface area contributed by atoms with Gasteiger partial charge in [-0.05, 0) is 42.5 Å². The van der Waals surface area contributed by atoms with Crippen LogP contribution in [-0.4, -0.2) is 25.6 Å². The molecule has 3 aromatic rings. The highest BCUT2D eigenvalue weighted by molar-refractivity contribution is 7.92. The zero-order valence-corrected chi connectivity index (χ0v) is 15.2. The summed E-state index contributed by atoms with van der Waals surface area (Å²) in [6, 6.07) is 18.4. The number of amides is 1. The van der Waals surface area contributed by atoms with Gasteiger partial charge in [-0.3, -0.25) is 9.52 Å². The number of aromatic nitrogens is 1. The van der Waals surface area contributed by atoms with Crippen molar-refractivity contribution in [1.82, 2.24) is 4.98 Å². The number of anilines is 2. The standard InChI is InChI=1S/C19H17N3O4S/c1-27(24,25)22-16-8-5-7-15(13-16)21-19(23)14-6-4-9-17(12-14)26-18-10-2-3-11-20-18/h2-13,22H,1H3,(H,21,23). The molecule has 7 nitrogen and oxygen atoms in total. The van der Waals surface area contributed by atoms with Gasteiger partial charge in [-0.1, -0.05) is 18.2 Å². The van der Waals surface area contributed by atoms with Gasteiger partial charge in [0.25, 0.3) is 5.91 Å². The largest absolute Gasteiger partial charge is 0.439 e. The number of ether oxygens (including phenoxy) is 1. The molecular formula is C19H17N3O4S. The maximum absolute atomic E-state index is 12.5. The van der Waals surface area contributed by atoms with E-state index < -0.39 is 10.0 Å². The number of hydrogen-bond acceptors (Lipinski definition) is 5. The van der Waals surface area contributed by atoms with Crippen molar-refractivity contribution >= 4 is 27.3 Å². The Morgan fingerprint density at radius 3 is 2.48 bits per heavy atom. The molecule has 3 rings (SSSR count). The number of carbonyl (C=O) groups is 1. The van der Waals surface area contributed by atoms with E-state index in [-0.39, 0.29) is 5.91 Å². The van der Waals surface area contributed by atoms with Crippen LogP contribution in [0.1, 0.15) is 10.4 Å². The van der Waals surface area contributed by atoms with Crippen molar-refractivity contribution < 1.29 is 17.9 Å². The molecule has 0 aliphatic rings. The summed E-state index contributed by atoms with van der Waals surface area (Å²) in [5, 5.41) is 2.73. The molecule has 0 unspecified atom stereocenters. The van der Waals surface area contributed by atoms with Crippen LogP contribution in [0.4, 0.5) is 11.4 Å². The van der Waals surface area contributed by atoms with E-state index in [2.05, 4.69) is 15.0 Å². The van der Waals surface area contributed by atoms with Crippen LogP contribution in [-0.2, 0) is 10.0 Å². The Morgan fingerprint density at radius 1 is 0.963 bits per heavy atom. The second kappa shape index (κ2) is 7.88. The molecule has 1 heterocycles. The Balaban J connectivity index is 1.73. The zero-order valence-electron chi connectivity index (χ0n) is 14.4. The van der Waals surface area contributed by atoms with Gasteiger partial charge in [-0.25, -0.2) is 13.4 Å². The molecule has 1 amide bonds. The Hall–Kier alpha value is -3.39. The summed E-state index contributed by atoms with van der Waals surface area (Å²) in [5.41, 5.74) is 1.22. The van der Waals surface area contributed by atoms with Gasteiger partial charge >= 0.3 is 0 Å². The highest BCUT2D eigenvalue weighted by Gasteiger charge is 2.09. The van der Waals surface area contributed by atoms with E-state index in [0.717, 1.165) is 6.26 Å². The molecule has 0 spiro atoms. The Labute approximate surface area is 157 Å². The van der Waals surface area contributed by atoms with Crippen LogP contribution in [0.15, 0.2) is 72.9 Å². The zero-order chi connectivity index (χ0) is 19.3. The molecule has 2 N–H and O–H groups in total. The summed E-state index contributed by atoms with van der Waals surface area (Å²) in [6.45, 7) is 0. The van der Waals surface area contributed by atoms with Gasteiger partial charge in [-0.2, -0.15) is 0 Å². The molecule has 27 heavy (non-hydrogen) atoms. The van der Waals surface area contributed by atoms with Crippen LogP contribution in [0.5, 0.6) is 11.6 Å². The smallest absolute Gasteiger partial charge is 0.255 e. The molecule has 0 aliphatic heterocycles. The van der Waals surface area contributed by atoms with Gasteiger partial charge in [-0.15, -0.1) is 0 Å². The van der Waals surface area contributed by atoms with Gasteiger partial charge in [0.2, 0.25) is 15.9 Å². The van der Waals surface area contributed by atoms with Crippen molar-refractivity contribution in [1.29, 1.82) is 0 Å². The summed E-state index contributed by atoms with van der Waals surface area (Å²) in [5.74, 6) is 0.557. The minimum Gasteiger partial charge on any atom is -0.439 e. The molecule has 0 radical (unpaired) electrons. The molecular weight excluding hydrogens is 366 g/mol. The molecule has 0 fully saturated rings. The first-order chi connectivity index (χ1) is 12.9. The highest BCUT2D eigenvalue weighted by atomic mass is 32.2. The highest BCUT2D eigenvalue weighted by Crippen LogP contribution is 2.21. The van der Waals surface area contributed by atoms with Crippen LogP contribution in [0.2, 0.25) is 0 Å². The average molecular weight is 383 g/mol. The minimum atomic E-state index is -3.40. The first-order valence-corrected chi connectivity index (χ1v) is 9.86.